The van der Waals surface area contributed by atoms with Gasteiger partial charge in [-0.3, -0.25) is 15.0 Å². The molecular weight excluding hydrogens is 274 g/mol. The van der Waals surface area contributed by atoms with Crippen molar-refractivity contribution in [3.05, 3.63) is 34.7 Å². The van der Waals surface area contributed by atoms with Crippen LogP contribution in [0, 0.1) is 0 Å². The lowest BCUT2D eigenvalue weighted by molar-refractivity contribution is -0.128. The fourth-order valence-corrected chi connectivity index (χ4v) is 3.68. The molecule has 1 fully saturated rings. The van der Waals surface area contributed by atoms with Crippen molar-refractivity contribution in [1.82, 2.24) is 10.3 Å². The van der Waals surface area contributed by atoms with Gasteiger partial charge in [-0.1, -0.05) is 18.2 Å². The summed E-state index contributed by atoms with van der Waals surface area (Å²) in [5.41, 5.74) is 3.08. The van der Waals surface area contributed by atoms with E-state index in [1.807, 2.05) is 29.2 Å². The molecule has 0 atom stereocenters. The summed E-state index contributed by atoms with van der Waals surface area (Å²) in [5.74, 6) is 5.11. The molecule has 6 heteroatoms. The van der Waals surface area contributed by atoms with Gasteiger partial charge in [-0.05, 0) is 17.9 Å². The van der Waals surface area contributed by atoms with Gasteiger partial charge in [-0.25, -0.2) is 5.84 Å². The molecule has 1 saturated heterocycles. The summed E-state index contributed by atoms with van der Waals surface area (Å²) in [6.07, 6.45) is 1.49. The van der Waals surface area contributed by atoms with E-state index in [0.717, 1.165) is 28.6 Å². The molecule has 2 heterocycles. The van der Waals surface area contributed by atoms with Crippen molar-refractivity contribution in [2.24, 2.45) is 5.84 Å². The minimum Gasteiger partial charge on any atom is -0.338 e. The monoisotopic (exact) mass is 289 g/mol. The highest BCUT2D eigenvalue weighted by Gasteiger charge is 2.25. The van der Waals surface area contributed by atoms with E-state index in [1.165, 1.54) is 11.3 Å². The van der Waals surface area contributed by atoms with E-state index in [9.17, 15) is 9.59 Å². The Labute approximate surface area is 120 Å². The van der Waals surface area contributed by atoms with Crippen LogP contribution in [-0.4, -0.2) is 23.3 Å². The Hall–Kier alpha value is -1.92. The predicted molar refractivity (Wildman–Crippen MR) is 78.1 cm³/mol. The molecule has 0 saturated carbocycles. The van der Waals surface area contributed by atoms with E-state index in [2.05, 4.69) is 5.43 Å². The summed E-state index contributed by atoms with van der Waals surface area (Å²) in [7, 11) is 0. The lowest BCUT2D eigenvalue weighted by Gasteiger charge is -2.16. The predicted octanol–water partition coefficient (Wildman–Crippen LogP) is 1.63. The second-order valence-corrected chi connectivity index (χ2v) is 5.85. The molecule has 0 radical (unpaired) electrons. The van der Waals surface area contributed by atoms with E-state index < -0.39 is 0 Å². The van der Waals surface area contributed by atoms with E-state index >= 15 is 0 Å². The van der Waals surface area contributed by atoms with Crippen molar-refractivity contribution in [2.45, 2.75) is 19.4 Å². The lowest BCUT2D eigenvalue weighted by atomic mass is 10.1. The number of rotatable bonds is 3. The van der Waals surface area contributed by atoms with Crippen molar-refractivity contribution < 1.29 is 9.59 Å². The highest BCUT2D eigenvalue weighted by atomic mass is 32.1. The summed E-state index contributed by atoms with van der Waals surface area (Å²) in [6, 6.07) is 7.83. The molecule has 104 valence electrons. The highest BCUT2D eigenvalue weighted by molar-refractivity contribution is 7.21. The molecule has 0 spiro atoms. The number of hydrogen-bond donors (Lipinski definition) is 2. The number of hydrazine groups is 1. The van der Waals surface area contributed by atoms with Gasteiger partial charge < -0.3 is 4.90 Å². The molecule has 2 amide bonds. The van der Waals surface area contributed by atoms with Gasteiger partial charge in [0.05, 0.1) is 4.88 Å². The van der Waals surface area contributed by atoms with Crippen LogP contribution < -0.4 is 11.3 Å². The number of nitrogen functional groups attached to an aromatic ring is 1. The number of nitrogens with one attached hydrogen (secondary N) is 1. The molecule has 0 bridgehead atoms. The first-order valence-corrected chi connectivity index (χ1v) is 7.31. The average Bonchev–Trinajstić information content (AvgIpc) is 3.03. The van der Waals surface area contributed by atoms with Crippen molar-refractivity contribution in [1.29, 1.82) is 0 Å². The Bertz CT molecular complexity index is 680. The van der Waals surface area contributed by atoms with E-state index in [0.29, 0.717) is 17.8 Å². The fourth-order valence-electron chi connectivity index (χ4n) is 2.57. The molecule has 3 N–H and O–H groups in total. The number of amides is 2. The van der Waals surface area contributed by atoms with Crippen molar-refractivity contribution in [3.63, 3.8) is 0 Å². The molecule has 1 aliphatic heterocycles. The first kappa shape index (κ1) is 13.1. The van der Waals surface area contributed by atoms with Gasteiger partial charge in [0.1, 0.15) is 0 Å². The quantitative estimate of drug-likeness (QED) is 0.512. The zero-order valence-electron chi connectivity index (χ0n) is 10.9. The minimum atomic E-state index is -0.298. The summed E-state index contributed by atoms with van der Waals surface area (Å²) >= 11 is 1.41. The minimum absolute atomic E-state index is 0.152. The number of fused-ring (bicyclic) bond motifs is 1. The largest absolute Gasteiger partial charge is 0.338 e. The summed E-state index contributed by atoms with van der Waals surface area (Å²) in [5, 5.41) is 1.02. The maximum Gasteiger partial charge on any atom is 0.275 e. The Morgan fingerprint density at radius 2 is 2.20 bits per heavy atom. The smallest absolute Gasteiger partial charge is 0.275 e. The molecule has 20 heavy (non-hydrogen) atoms. The molecule has 1 aromatic carbocycles. The number of nitrogens with two attached hydrogens (primary N) is 1. The fraction of sp³-hybridized carbons (Fsp3) is 0.286. The van der Waals surface area contributed by atoms with Crippen LogP contribution in [0.4, 0.5) is 0 Å². The standard InChI is InChI=1S/C14H15N3O2S/c15-16-14(19)13-10(8-17-7-3-6-12(17)18)9-4-1-2-5-11(9)20-13/h1-2,4-5H,3,6-8,15H2,(H,16,19). The van der Waals surface area contributed by atoms with Crippen molar-refractivity contribution in [2.75, 3.05) is 6.54 Å². The van der Waals surface area contributed by atoms with Gasteiger partial charge in [-0.15, -0.1) is 11.3 Å². The number of likely N-dealkylation sites (tertiary alicyclic amines) is 1. The number of carbonyl (C=O) groups excluding carboxylic acids is 2. The molecule has 0 unspecified atom stereocenters. The highest BCUT2D eigenvalue weighted by Crippen LogP contribution is 2.32. The van der Waals surface area contributed by atoms with Crippen LogP contribution in [0.1, 0.15) is 28.1 Å². The third-order valence-electron chi connectivity index (χ3n) is 3.56. The van der Waals surface area contributed by atoms with Gasteiger partial charge >= 0.3 is 0 Å². The topological polar surface area (TPSA) is 75.4 Å². The van der Waals surface area contributed by atoms with Gasteiger partial charge in [-0.2, -0.15) is 0 Å². The molecule has 3 rings (SSSR count). The Kier molecular flexibility index (Phi) is 3.42. The van der Waals surface area contributed by atoms with Crippen LogP contribution in [-0.2, 0) is 11.3 Å². The van der Waals surface area contributed by atoms with Gasteiger partial charge in [0.25, 0.3) is 5.91 Å². The van der Waals surface area contributed by atoms with E-state index in [1.54, 1.807) is 0 Å². The molecule has 1 aromatic heterocycles. The summed E-state index contributed by atoms with van der Waals surface area (Å²) in [6.45, 7) is 1.23. The molecule has 1 aliphatic rings. The SMILES string of the molecule is NNC(=O)c1sc2ccccc2c1CN1CCCC1=O. The molecule has 0 aliphatic carbocycles. The van der Waals surface area contributed by atoms with Gasteiger partial charge in [0.2, 0.25) is 5.91 Å². The Morgan fingerprint density at radius 3 is 2.90 bits per heavy atom. The van der Waals surface area contributed by atoms with Gasteiger partial charge in [0, 0.05) is 29.8 Å². The van der Waals surface area contributed by atoms with Crippen LogP contribution in [0.15, 0.2) is 24.3 Å². The maximum absolute atomic E-state index is 11.9. The average molecular weight is 289 g/mol. The zero-order chi connectivity index (χ0) is 14.1. The van der Waals surface area contributed by atoms with Crippen molar-refractivity contribution >= 4 is 33.2 Å². The van der Waals surface area contributed by atoms with Crippen LogP contribution in [0.25, 0.3) is 10.1 Å². The number of carbonyl (C=O) groups is 2. The van der Waals surface area contributed by atoms with Crippen LogP contribution in [0.3, 0.4) is 0 Å². The number of hydrogen-bond acceptors (Lipinski definition) is 4. The summed E-state index contributed by atoms with van der Waals surface area (Å²) in [4.78, 5) is 26.1. The van der Waals surface area contributed by atoms with E-state index in [-0.39, 0.29) is 11.8 Å². The summed E-state index contributed by atoms with van der Waals surface area (Å²) < 4.78 is 1.03. The Morgan fingerprint density at radius 1 is 1.40 bits per heavy atom. The number of benzene rings is 1. The van der Waals surface area contributed by atoms with Crippen LogP contribution in [0.2, 0.25) is 0 Å². The lowest BCUT2D eigenvalue weighted by Crippen LogP contribution is -2.31. The van der Waals surface area contributed by atoms with Crippen LogP contribution >= 0.6 is 11.3 Å². The zero-order valence-corrected chi connectivity index (χ0v) is 11.7. The number of thiophene rings is 1. The second kappa shape index (κ2) is 5.22. The first-order valence-electron chi connectivity index (χ1n) is 6.50. The second-order valence-electron chi connectivity index (χ2n) is 4.80. The third kappa shape index (κ3) is 2.17. The third-order valence-corrected chi connectivity index (χ3v) is 4.77. The number of nitrogens with zero attached hydrogens (tertiary/aromatic N) is 1. The molecule has 2 aromatic rings. The van der Waals surface area contributed by atoms with E-state index in [4.69, 9.17) is 5.84 Å². The Balaban J connectivity index is 2.06. The van der Waals surface area contributed by atoms with Gasteiger partial charge in [0.15, 0.2) is 0 Å². The molecule has 5 nitrogen and oxygen atoms in total. The molecular formula is C14H15N3O2S. The van der Waals surface area contributed by atoms with Crippen molar-refractivity contribution in [3.8, 4) is 0 Å². The van der Waals surface area contributed by atoms with Crippen LogP contribution in [0.5, 0.6) is 0 Å². The first-order chi connectivity index (χ1) is 9.70. The maximum atomic E-state index is 11.9. The normalized spacial score (nSPS) is 15.1.